The zero-order valence-electron chi connectivity index (χ0n) is 16.7. The fourth-order valence-electron chi connectivity index (χ4n) is 4.02. The third-order valence-corrected chi connectivity index (χ3v) is 7.50. The number of rotatable bonds is 3. The highest BCUT2D eigenvalue weighted by atomic mass is 32.2. The molecule has 0 saturated carbocycles. The lowest BCUT2D eigenvalue weighted by molar-refractivity contribution is 0.383. The second-order valence-electron chi connectivity index (χ2n) is 7.44. The van der Waals surface area contributed by atoms with Gasteiger partial charge in [0.25, 0.3) is 0 Å². The largest absolute Gasteiger partial charge is 0.421 e. The molecule has 0 radical (unpaired) electrons. The first-order valence-electron chi connectivity index (χ1n) is 9.74. The highest BCUT2D eigenvalue weighted by molar-refractivity contribution is 7.89. The summed E-state index contributed by atoms with van der Waals surface area (Å²) < 4.78 is 49.0. The lowest BCUT2D eigenvalue weighted by Gasteiger charge is -2.35. The summed E-state index contributed by atoms with van der Waals surface area (Å²) in [4.78, 5) is 18.1. The second-order valence-corrected chi connectivity index (χ2v) is 9.38. The Morgan fingerprint density at radius 2 is 1.81 bits per heavy atom. The van der Waals surface area contributed by atoms with Crippen LogP contribution in [0.25, 0.3) is 22.0 Å². The van der Waals surface area contributed by atoms with E-state index in [1.165, 1.54) is 34.9 Å². The molecule has 0 bridgehead atoms. The van der Waals surface area contributed by atoms with E-state index in [0.717, 1.165) is 0 Å². The Morgan fingerprint density at radius 3 is 2.55 bits per heavy atom. The molecule has 31 heavy (non-hydrogen) atoms. The maximum Gasteiger partial charge on any atom is 0.364 e. The van der Waals surface area contributed by atoms with E-state index in [9.17, 15) is 17.6 Å². The molecule has 0 N–H and O–H groups in total. The smallest absolute Gasteiger partial charge is 0.364 e. The van der Waals surface area contributed by atoms with Crippen LogP contribution in [0.2, 0.25) is 0 Å². The van der Waals surface area contributed by atoms with E-state index in [-0.39, 0.29) is 29.3 Å². The normalized spacial score (nSPS) is 15.7. The zero-order valence-corrected chi connectivity index (χ0v) is 17.5. The molecule has 0 atom stereocenters. The Morgan fingerprint density at radius 1 is 1.06 bits per heavy atom. The average Bonchev–Trinajstić information content (AvgIpc) is 3.16. The van der Waals surface area contributed by atoms with Crippen LogP contribution in [-0.2, 0) is 17.1 Å². The minimum absolute atomic E-state index is 0.107. The van der Waals surface area contributed by atoms with Gasteiger partial charge in [0.15, 0.2) is 5.52 Å². The van der Waals surface area contributed by atoms with Crippen molar-refractivity contribution in [3.05, 3.63) is 65.0 Å². The van der Waals surface area contributed by atoms with Gasteiger partial charge in [-0.2, -0.15) is 4.31 Å². The summed E-state index contributed by atoms with van der Waals surface area (Å²) in [6, 6.07) is 10.9. The quantitative estimate of drug-likeness (QED) is 0.453. The summed E-state index contributed by atoms with van der Waals surface area (Å²) in [5.41, 5.74) is 0.877. The van der Waals surface area contributed by atoms with Crippen LogP contribution < -0.4 is 10.5 Å². The van der Waals surface area contributed by atoms with Gasteiger partial charge < -0.3 is 13.9 Å². The van der Waals surface area contributed by atoms with Crippen molar-refractivity contribution in [1.82, 2.24) is 13.9 Å². The van der Waals surface area contributed by atoms with E-state index < -0.39 is 15.6 Å². The molecular formula is C21H19FN4O4S. The molecule has 1 aliphatic heterocycles. The molecule has 5 rings (SSSR count). The number of sulfonamides is 1. The molecule has 0 aliphatic carbocycles. The Balaban J connectivity index is 1.48. The first-order valence-corrected chi connectivity index (χ1v) is 11.2. The first-order chi connectivity index (χ1) is 14.9. The molecule has 2 aromatic carbocycles. The first kappa shape index (κ1) is 19.7. The molecule has 2 aromatic heterocycles. The van der Waals surface area contributed by atoms with E-state index in [1.54, 1.807) is 29.8 Å². The van der Waals surface area contributed by atoms with Crippen LogP contribution in [0, 0.1) is 5.82 Å². The van der Waals surface area contributed by atoms with Crippen molar-refractivity contribution in [2.45, 2.75) is 4.90 Å². The highest BCUT2D eigenvalue weighted by Gasteiger charge is 2.30. The van der Waals surface area contributed by atoms with E-state index in [0.29, 0.717) is 35.3 Å². The van der Waals surface area contributed by atoms with Gasteiger partial charge in [0.2, 0.25) is 10.0 Å². The minimum Gasteiger partial charge on any atom is -0.421 e. The van der Waals surface area contributed by atoms with Crippen molar-refractivity contribution in [1.29, 1.82) is 0 Å². The van der Waals surface area contributed by atoms with Crippen LogP contribution in [-0.4, -0.2) is 48.5 Å². The van der Waals surface area contributed by atoms with Gasteiger partial charge in [0.05, 0.1) is 22.4 Å². The molecule has 1 fully saturated rings. The highest BCUT2D eigenvalue weighted by Crippen LogP contribution is 2.28. The van der Waals surface area contributed by atoms with Crippen LogP contribution >= 0.6 is 0 Å². The molecule has 8 nitrogen and oxygen atoms in total. The summed E-state index contributed by atoms with van der Waals surface area (Å²) in [6.45, 7) is 1.24. The number of hydrogen-bond donors (Lipinski definition) is 0. The van der Waals surface area contributed by atoms with Crippen molar-refractivity contribution in [3.63, 3.8) is 0 Å². The number of aromatic nitrogens is 2. The predicted molar refractivity (Wildman–Crippen MR) is 114 cm³/mol. The number of para-hydroxylation sites is 1. The third kappa shape index (κ3) is 3.19. The summed E-state index contributed by atoms with van der Waals surface area (Å²) in [7, 11) is -2.05. The summed E-state index contributed by atoms with van der Waals surface area (Å²) in [5, 5.41) is 0.501. The Labute approximate surface area is 177 Å². The monoisotopic (exact) mass is 442 g/mol. The fraction of sp³-hybridized carbons (Fsp3) is 0.238. The fourth-order valence-corrected chi connectivity index (χ4v) is 5.46. The molecule has 0 spiro atoms. The molecule has 4 aromatic rings. The lowest BCUT2D eigenvalue weighted by Crippen LogP contribution is -2.48. The number of halogens is 1. The molecule has 160 valence electrons. The molecule has 10 heteroatoms. The van der Waals surface area contributed by atoms with Crippen molar-refractivity contribution in [2.24, 2.45) is 7.05 Å². The molecule has 0 amide bonds. The maximum atomic E-state index is 14.1. The van der Waals surface area contributed by atoms with Crippen molar-refractivity contribution in [2.75, 3.05) is 31.1 Å². The summed E-state index contributed by atoms with van der Waals surface area (Å²) in [5.74, 6) is -0.324. The number of hydrogen-bond acceptors (Lipinski definition) is 6. The lowest BCUT2D eigenvalue weighted by atomic mass is 10.2. The molecule has 3 heterocycles. The zero-order chi connectivity index (χ0) is 21.8. The summed E-state index contributed by atoms with van der Waals surface area (Å²) in [6.07, 6.45) is 1.49. The Bertz CT molecular complexity index is 1470. The van der Waals surface area contributed by atoms with Crippen molar-refractivity contribution < 1.29 is 17.2 Å². The molecule has 0 unspecified atom stereocenters. The SMILES string of the molecule is Cn1cnc2c(=O)oc3ccc(S(=O)(=O)N4CCN(c5ccccc5F)CC4)cc3c21. The molecule has 1 aliphatic rings. The maximum absolute atomic E-state index is 14.1. The second kappa shape index (κ2) is 7.17. The topological polar surface area (TPSA) is 88.6 Å². The van der Waals surface area contributed by atoms with Crippen LogP contribution in [0.3, 0.4) is 0 Å². The average molecular weight is 442 g/mol. The van der Waals surface area contributed by atoms with Gasteiger partial charge >= 0.3 is 5.63 Å². The number of imidazole rings is 1. The van der Waals surface area contributed by atoms with Gasteiger partial charge in [-0.05, 0) is 30.3 Å². The number of aryl methyl sites for hydroxylation is 1. The van der Waals surface area contributed by atoms with Gasteiger partial charge in [-0.25, -0.2) is 22.6 Å². The number of benzene rings is 2. The van der Waals surface area contributed by atoms with Crippen molar-refractivity contribution in [3.8, 4) is 0 Å². The van der Waals surface area contributed by atoms with Gasteiger partial charge in [0, 0.05) is 38.6 Å². The van der Waals surface area contributed by atoms with Gasteiger partial charge in [-0.3, -0.25) is 0 Å². The van der Waals surface area contributed by atoms with Crippen LogP contribution in [0.5, 0.6) is 0 Å². The van der Waals surface area contributed by atoms with Crippen molar-refractivity contribution >= 4 is 37.7 Å². The number of piperazine rings is 1. The van der Waals surface area contributed by atoms with Crippen LogP contribution in [0.15, 0.2) is 62.9 Å². The van der Waals surface area contributed by atoms with Gasteiger partial charge in [-0.15, -0.1) is 0 Å². The minimum atomic E-state index is -3.78. The summed E-state index contributed by atoms with van der Waals surface area (Å²) >= 11 is 0. The Kier molecular flexibility index (Phi) is 4.56. The van der Waals surface area contributed by atoms with E-state index in [4.69, 9.17) is 4.42 Å². The third-order valence-electron chi connectivity index (χ3n) is 5.61. The van der Waals surface area contributed by atoms with Crippen LogP contribution in [0.4, 0.5) is 10.1 Å². The molecule has 1 saturated heterocycles. The van der Waals surface area contributed by atoms with E-state index in [1.807, 2.05) is 4.90 Å². The molecular weight excluding hydrogens is 423 g/mol. The Hall–Kier alpha value is -3.24. The van der Waals surface area contributed by atoms with E-state index >= 15 is 0 Å². The van der Waals surface area contributed by atoms with Crippen LogP contribution in [0.1, 0.15) is 0 Å². The van der Waals surface area contributed by atoms with Gasteiger partial charge in [-0.1, -0.05) is 12.1 Å². The number of fused-ring (bicyclic) bond motifs is 3. The number of anilines is 1. The predicted octanol–water partition coefficient (Wildman–Crippen LogP) is 2.33. The standard InChI is InChI=1S/C21H19FN4O4S/c1-24-13-23-19-20(24)15-12-14(6-7-18(15)30-21(19)27)31(28,29)26-10-8-25(9-11-26)17-5-3-2-4-16(17)22/h2-7,12-13H,8-11H2,1H3. The van der Waals surface area contributed by atoms with E-state index in [2.05, 4.69) is 4.98 Å². The number of nitrogens with zero attached hydrogens (tertiary/aromatic N) is 4. The van der Waals surface area contributed by atoms with Gasteiger partial charge in [0.1, 0.15) is 11.4 Å².